The maximum atomic E-state index is 13.0. The van der Waals surface area contributed by atoms with Crippen LogP contribution >= 0.6 is 0 Å². The number of amides is 1. The van der Waals surface area contributed by atoms with Crippen molar-refractivity contribution in [2.75, 3.05) is 18.4 Å². The third-order valence-electron chi connectivity index (χ3n) is 5.92. The number of aromatic amines is 1. The Morgan fingerprint density at radius 2 is 1.71 bits per heavy atom. The highest BCUT2D eigenvalue weighted by molar-refractivity contribution is 7.89. The molecule has 1 amide bonds. The average Bonchev–Trinajstić information content (AvgIpc) is 3.28. The number of nitrogens with zero attached hydrogens (tertiary/aromatic N) is 2. The molecule has 8 nitrogen and oxygen atoms in total. The number of imidazole rings is 1. The van der Waals surface area contributed by atoms with E-state index in [0.717, 1.165) is 16.6 Å². The molecule has 0 bridgehead atoms. The summed E-state index contributed by atoms with van der Waals surface area (Å²) in [6, 6.07) is 21.2. The quantitative estimate of drug-likeness (QED) is 0.435. The van der Waals surface area contributed by atoms with Crippen LogP contribution in [0.2, 0.25) is 0 Å². The lowest BCUT2D eigenvalue weighted by atomic mass is 10.1. The van der Waals surface area contributed by atoms with Crippen LogP contribution in [0.3, 0.4) is 0 Å². The van der Waals surface area contributed by atoms with Crippen LogP contribution in [0.25, 0.3) is 22.4 Å². The number of fused-ring (bicyclic) bond motifs is 1. The first kappa shape index (κ1) is 23.2. The first-order valence-corrected chi connectivity index (χ1v) is 12.9. The summed E-state index contributed by atoms with van der Waals surface area (Å²) in [4.78, 5) is 20.9. The van der Waals surface area contributed by atoms with Crippen molar-refractivity contribution in [3.63, 3.8) is 0 Å². The van der Waals surface area contributed by atoms with E-state index in [-0.39, 0.29) is 23.0 Å². The Balaban J connectivity index is 1.31. The lowest BCUT2D eigenvalue weighted by molar-refractivity contribution is -0.0440. The van der Waals surface area contributed by atoms with E-state index < -0.39 is 10.0 Å². The fourth-order valence-electron chi connectivity index (χ4n) is 4.29. The molecule has 0 saturated carbocycles. The zero-order chi connectivity index (χ0) is 24.6. The van der Waals surface area contributed by atoms with Crippen molar-refractivity contribution < 1.29 is 17.9 Å². The first-order chi connectivity index (χ1) is 16.8. The van der Waals surface area contributed by atoms with E-state index in [0.29, 0.717) is 30.2 Å². The number of rotatable bonds is 5. The van der Waals surface area contributed by atoms with Crippen molar-refractivity contribution >= 4 is 32.7 Å². The molecule has 0 unspecified atom stereocenters. The van der Waals surface area contributed by atoms with Crippen LogP contribution in [0.5, 0.6) is 0 Å². The van der Waals surface area contributed by atoms with Crippen LogP contribution in [0.15, 0.2) is 77.7 Å². The maximum Gasteiger partial charge on any atom is 0.255 e. The van der Waals surface area contributed by atoms with E-state index in [1.807, 2.05) is 56.3 Å². The minimum atomic E-state index is -3.67. The fourth-order valence-corrected chi connectivity index (χ4v) is 5.88. The number of hydrogen-bond donors (Lipinski definition) is 2. The molecule has 2 heterocycles. The third kappa shape index (κ3) is 4.84. The smallest absolute Gasteiger partial charge is 0.255 e. The van der Waals surface area contributed by atoms with Crippen LogP contribution in [0, 0.1) is 0 Å². The normalized spacial score (nSPS) is 19.0. The Hall–Kier alpha value is -3.53. The molecule has 0 radical (unpaired) electrons. The van der Waals surface area contributed by atoms with Gasteiger partial charge in [-0.1, -0.05) is 24.3 Å². The van der Waals surface area contributed by atoms with E-state index in [1.165, 1.54) is 28.6 Å². The van der Waals surface area contributed by atoms with Crippen LogP contribution < -0.4 is 5.32 Å². The van der Waals surface area contributed by atoms with Crippen molar-refractivity contribution in [2.45, 2.75) is 31.0 Å². The van der Waals surface area contributed by atoms with Crippen molar-refractivity contribution in [3.8, 4) is 11.4 Å². The van der Waals surface area contributed by atoms with Gasteiger partial charge >= 0.3 is 0 Å². The number of carbonyl (C=O) groups is 1. The Morgan fingerprint density at radius 3 is 2.43 bits per heavy atom. The molecule has 1 saturated heterocycles. The Bertz CT molecular complexity index is 1440. The fraction of sp³-hybridized carbons (Fsp3) is 0.231. The third-order valence-corrected chi connectivity index (χ3v) is 7.77. The standard InChI is InChI=1S/C26H26N4O4S/c1-17-15-30(16-18(2)34-17)35(32,33)22-12-10-19(11-13-22)26(31)27-21-7-5-6-20(14-21)25-28-23-8-3-4-9-24(23)29-25/h3-14,17-18H,15-16H2,1-2H3,(H,27,31)(H,28,29)/t17-,18-/m1/s1. The number of sulfonamides is 1. The molecule has 4 aromatic rings. The van der Waals surface area contributed by atoms with Crippen molar-refractivity contribution in [1.82, 2.24) is 14.3 Å². The summed E-state index contributed by atoms with van der Waals surface area (Å²) in [6.07, 6.45) is -0.345. The molecule has 9 heteroatoms. The molecule has 1 aliphatic heterocycles. The van der Waals surface area contributed by atoms with Crippen molar-refractivity contribution in [1.29, 1.82) is 0 Å². The van der Waals surface area contributed by atoms with Crippen molar-refractivity contribution in [3.05, 3.63) is 78.4 Å². The molecule has 1 fully saturated rings. The molecule has 5 rings (SSSR count). The predicted octanol–water partition coefficient (Wildman–Crippen LogP) is 4.28. The lowest BCUT2D eigenvalue weighted by Gasteiger charge is -2.34. The van der Waals surface area contributed by atoms with Gasteiger partial charge in [-0.05, 0) is 62.4 Å². The van der Waals surface area contributed by atoms with Crippen molar-refractivity contribution in [2.24, 2.45) is 0 Å². The molecule has 35 heavy (non-hydrogen) atoms. The van der Waals surface area contributed by atoms with Crippen LogP contribution in [-0.2, 0) is 14.8 Å². The highest BCUT2D eigenvalue weighted by Gasteiger charge is 2.32. The Morgan fingerprint density at radius 1 is 1.00 bits per heavy atom. The number of H-pyrrole nitrogens is 1. The Kier molecular flexibility index (Phi) is 6.14. The van der Waals surface area contributed by atoms with E-state index in [4.69, 9.17) is 4.74 Å². The van der Waals surface area contributed by atoms with Gasteiger partial charge in [-0.15, -0.1) is 0 Å². The number of nitrogens with one attached hydrogen (secondary N) is 2. The number of morpholine rings is 1. The van der Waals surface area contributed by atoms with Crippen LogP contribution in [0.4, 0.5) is 5.69 Å². The minimum absolute atomic E-state index is 0.155. The zero-order valence-electron chi connectivity index (χ0n) is 19.4. The summed E-state index contributed by atoms with van der Waals surface area (Å²) in [5, 5.41) is 2.88. The molecule has 0 aliphatic carbocycles. The van der Waals surface area contributed by atoms with Gasteiger partial charge in [0.15, 0.2) is 0 Å². The second-order valence-electron chi connectivity index (χ2n) is 8.74. The Labute approximate surface area is 204 Å². The van der Waals surface area contributed by atoms with E-state index in [2.05, 4.69) is 15.3 Å². The van der Waals surface area contributed by atoms with Crippen LogP contribution in [0.1, 0.15) is 24.2 Å². The zero-order valence-corrected chi connectivity index (χ0v) is 20.2. The molecular formula is C26H26N4O4S. The van der Waals surface area contributed by atoms with E-state index >= 15 is 0 Å². The monoisotopic (exact) mass is 490 g/mol. The largest absolute Gasteiger partial charge is 0.373 e. The second kappa shape index (κ2) is 9.26. The predicted molar refractivity (Wildman–Crippen MR) is 135 cm³/mol. The maximum absolute atomic E-state index is 13.0. The highest BCUT2D eigenvalue weighted by Crippen LogP contribution is 2.24. The van der Waals surface area contributed by atoms with Gasteiger partial charge in [0.05, 0.1) is 28.1 Å². The summed E-state index contributed by atoms with van der Waals surface area (Å²) < 4.78 is 33.2. The number of ether oxygens (including phenoxy) is 1. The SMILES string of the molecule is C[C@@H]1CN(S(=O)(=O)c2ccc(C(=O)Nc3cccc(-c4nc5ccccc5[nH]4)c3)cc2)C[C@@H](C)O1. The van der Waals surface area contributed by atoms with Gasteiger partial charge in [0, 0.05) is 29.9 Å². The average molecular weight is 491 g/mol. The number of para-hydroxylation sites is 2. The number of carbonyl (C=O) groups excluding carboxylic acids is 1. The molecule has 1 aliphatic rings. The number of aromatic nitrogens is 2. The van der Waals surface area contributed by atoms with Gasteiger partial charge in [-0.3, -0.25) is 4.79 Å². The van der Waals surface area contributed by atoms with Gasteiger partial charge < -0.3 is 15.0 Å². The van der Waals surface area contributed by atoms with Gasteiger partial charge in [-0.25, -0.2) is 13.4 Å². The van der Waals surface area contributed by atoms with Gasteiger partial charge in [0.25, 0.3) is 5.91 Å². The summed E-state index contributed by atoms with van der Waals surface area (Å²) >= 11 is 0. The molecule has 180 valence electrons. The molecule has 3 aromatic carbocycles. The van der Waals surface area contributed by atoms with Crippen LogP contribution in [-0.4, -0.2) is 53.9 Å². The summed E-state index contributed by atoms with van der Waals surface area (Å²) in [5.74, 6) is 0.382. The summed E-state index contributed by atoms with van der Waals surface area (Å²) in [7, 11) is -3.67. The van der Waals surface area contributed by atoms with E-state index in [1.54, 1.807) is 6.07 Å². The lowest BCUT2D eigenvalue weighted by Crippen LogP contribution is -2.48. The second-order valence-corrected chi connectivity index (χ2v) is 10.7. The summed E-state index contributed by atoms with van der Waals surface area (Å²) in [6.45, 7) is 4.32. The van der Waals surface area contributed by atoms with Gasteiger partial charge in [0.2, 0.25) is 10.0 Å². The van der Waals surface area contributed by atoms with Gasteiger partial charge in [-0.2, -0.15) is 4.31 Å². The number of hydrogen-bond acceptors (Lipinski definition) is 5. The molecular weight excluding hydrogens is 464 g/mol. The topological polar surface area (TPSA) is 104 Å². The number of anilines is 1. The van der Waals surface area contributed by atoms with E-state index in [9.17, 15) is 13.2 Å². The van der Waals surface area contributed by atoms with Gasteiger partial charge in [0.1, 0.15) is 5.82 Å². The molecule has 0 spiro atoms. The minimum Gasteiger partial charge on any atom is -0.373 e. The molecule has 2 atom stereocenters. The number of benzene rings is 3. The molecule has 2 N–H and O–H groups in total. The molecule has 1 aromatic heterocycles. The highest BCUT2D eigenvalue weighted by atomic mass is 32.2. The summed E-state index contributed by atoms with van der Waals surface area (Å²) in [5.41, 5.74) is 3.62. The first-order valence-electron chi connectivity index (χ1n) is 11.4.